The van der Waals surface area contributed by atoms with E-state index in [1.807, 2.05) is 73.1 Å². The summed E-state index contributed by atoms with van der Waals surface area (Å²) in [4.78, 5) is 27.6. The van der Waals surface area contributed by atoms with Crippen LogP contribution in [0, 0.1) is 13.8 Å². The minimum atomic E-state index is -0.957. The van der Waals surface area contributed by atoms with Crippen LogP contribution < -0.4 is 0 Å². The van der Waals surface area contributed by atoms with E-state index in [1.165, 1.54) is 6.08 Å². The number of likely N-dealkylation sites (tertiary alicyclic amines) is 1. The van der Waals surface area contributed by atoms with E-state index < -0.39 is 12.1 Å². The van der Waals surface area contributed by atoms with Crippen LogP contribution in [0.1, 0.15) is 47.0 Å². The number of halogens is 1. The van der Waals surface area contributed by atoms with E-state index in [1.54, 1.807) is 11.0 Å². The average Bonchev–Trinajstić information content (AvgIpc) is 3.47. The first-order valence-electron chi connectivity index (χ1n) is 11.4. The van der Waals surface area contributed by atoms with Crippen LogP contribution in [-0.4, -0.2) is 39.6 Å². The van der Waals surface area contributed by atoms with Crippen molar-refractivity contribution in [2.75, 3.05) is 13.1 Å². The van der Waals surface area contributed by atoms with Gasteiger partial charge in [0.15, 0.2) is 0 Å². The molecule has 1 atom stereocenters. The topological polar surface area (TPSA) is 64.4 Å². The largest absolute Gasteiger partial charge is 0.444 e. The van der Waals surface area contributed by atoms with E-state index in [9.17, 15) is 9.59 Å². The van der Waals surface area contributed by atoms with Gasteiger partial charge in [0.25, 0.3) is 5.91 Å². The Kier molecular flexibility index (Phi) is 7.48. The molecule has 1 saturated heterocycles. The van der Waals surface area contributed by atoms with Crippen molar-refractivity contribution in [2.24, 2.45) is 0 Å². The first-order chi connectivity index (χ1) is 16.4. The summed E-state index contributed by atoms with van der Waals surface area (Å²) in [6, 6.07) is 16.8. The molecular weight excluding hydrogens is 450 g/mol. The molecule has 4 rings (SSSR count). The van der Waals surface area contributed by atoms with Gasteiger partial charge in [0, 0.05) is 41.0 Å². The monoisotopic (exact) mass is 477 g/mol. The number of benzene rings is 2. The molecule has 1 aromatic heterocycles. The Bertz CT molecular complexity index is 1200. The molecule has 0 aliphatic carbocycles. The summed E-state index contributed by atoms with van der Waals surface area (Å²) in [5.74, 6) is -0.746. The quantitative estimate of drug-likeness (QED) is 0.350. The van der Waals surface area contributed by atoms with Crippen LogP contribution in [0.5, 0.6) is 0 Å². The Morgan fingerprint density at radius 2 is 1.74 bits per heavy atom. The molecule has 34 heavy (non-hydrogen) atoms. The number of aromatic nitrogens is 2. The summed E-state index contributed by atoms with van der Waals surface area (Å²) >= 11 is 6.30. The van der Waals surface area contributed by atoms with Gasteiger partial charge in [0.1, 0.15) is 0 Å². The zero-order chi connectivity index (χ0) is 24.1. The van der Waals surface area contributed by atoms with Crippen molar-refractivity contribution in [3.8, 4) is 0 Å². The number of esters is 1. The molecule has 7 heteroatoms. The van der Waals surface area contributed by atoms with Gasteiger partial charge in [-0.05, 0) is 44.4 Å². The molecule has 2 aromatic carbocycles. The number of ether oxygens (including phenoxy) is 1. The van der Waals surface area contributed by atoms with Crippen LogP contribution in [0.15, 0.2) is 60.7 Å². The molecule has 1 unspecified atom stereocenters. The highest BCUT2D eigenvalue weighted by Crippen LogP contribution is 2.24. The molecule has 1 fully saturated rings. The molecule has 1 amide bonds. The van der Waals surface area contributed by atoms with Gasteiger partial charge in [0.05, 0.1) is 12.2 Å². The standard InChI is InChI=1S/C27H28ClN3O3/c1-19-23(20(2)31(29-19)18-22-12-6-7-13-24(22)28)14-15-25(32)34-26(21-10-4-3-5-11-21)27(33)30-16-8-9-17-30/h3-7,10-15,26H,8-9,16-18H2,1-2H3/b15-14+. The lowest BCUT2D eigenvalue weighted by Gasteiger charge is -2.23. The Hall–Kier alpha value is -3.38. The fraction of sp³-hybridized carbons (Fsp3) is 0.296. The molecule has 6 nitrogen and oxygen atoms in total. The first kappa shape index (κ1) is 23.8. The minimum Gasteiger partial charge on any atom is -0.444 e. The summed E-state index contributed by atoms with van der Waals surface area (Å²) in [5, 5.41) is 5.29. The van der Waals surface area contributed by atoms with Crippen LogP contribution >= 0.6 is 11.6 Å². The molecular formula is C27H28ClN3O3. The Labute approximate surface area is 204 Å². The van der Waals surface area contributed by atoms with Gasteiger partial charge in [-0.15, -0.1) is 0 Å². The molecule has 0 spiro atoms. The molecule has 176 valence electrons. The summed E-state index contributed by atoms with van der Waals surface area (Å²) in [6.45, 7) is 5.76. The number of rotatable bonds is 7. The van der Waals surface area contributed by atoms with Gasteiger partial charge in [-0.1, -0.05) is 60.1 Å². The minimum absolute atomic E-state index is 0.176. The third-order valence-electron chi connectivity index (χ3n) is 6.08. The summed E-state index contributed by atoms with van der Waals surface area (Å²) in [5.41, 5.74) is 4.18. The lowest BCUT2D eigenvalue weighted by molar-refractivity contribution is -0.156. The van der Waals surface area contributed by atoms with E-state index in [4.69, 9.17) is 16.3 Å². The van der Waals surface area contributed by atoms with Crippen LogP contribution in [0.4, 0.5) is 0 Å². The molecule has 3 aromatic rings. The van der Waals surface area contributed by atoms with Crippen LogP contribution in [0.3, 0.4) is 0 Å². The maximum atomic E-state index is 13.1. The maximum absolute atomic E-state index is 13.1. The van der Waals surface area contributed by atoms with Crippen molar-refractivity contribution in [1.29, 1.82) is 0 Å². The molecule has 0 N–H and O–H groups in total. The Balaban J connectivity index is 1.50. The van der Waals surface area contributed by atoms with E-state index in [0.717, 1.165) is 35.4 Å². The predicted molar refractivity (Wildman–Crippen MR) is 132 cm³/mol. The lowest BCUT2D eigenvalue weighted by atomic mass is 10.1. The van der Waals surface area contributed by atoms with E-state index in [-0.39, 0.29) is 5.91 Å². The van der Waals surface area contributed by atoms with Crippen molar-refractivity contribution in [3.05, 3.63) is 93.8 Å². The van der Waals surface area contributed by atoms with Gasteiger partial charge < -0.3 is 9.64 Å². The van der Waals surface area contributed by atoms with Gasteiger partial charge in [-0.2, -0.15) is 5.10 Å². The van der Waals surface area contributed by atoms with Crippen molar-refractivity contribution in [2.45, 2.75) is 39.3 Å². The Morgan fingerprint density at radius 3 is 2.44 bits per heavy atom. The predicted octanol–water partition coefficient (Wildman–Crippen LogP) is 5.12. The smallest absolute Gasteiger partial charge is 0.331 e. The molecule has 0 bridgehead atoms. The van der Waals surface area contributed by atoms with Gasteiger partial charge in [0.2, 0.25) is 6.10 Å². The van der Waals surface area contributed by atoms with Crippen LogP contribution in [0.2, 0.25) is 5.02 Å². The van der Waals surface area contributed by atoms with Crippen molar-refractivity contribution >= 4 is 29.6 Å². The second-order valence-corrected chi connectivity index (χ2v) is 8.83. The maximum Gasteiger partial charge on any atom is 0.331 e. The number of aryl methyl sites for hydroxylation is 1. The fourth-order valence-electron chi connectivity index (χ4n) is 4.19. The van der Waals surface area contributed by atoms with E-state index in [0.29, 0.717) is 30.2 Å². The summed E-state index contributed by atoms with van der Waals surface area (Å²) in [6.07, 6.45) is 4.05. The van der Waals surface area contributed by atoms with Gasteiger partial charge >= 0.3 is 5.97 Å². The number of hydrogen-bond acceptors (Lipinski definition) is 4. The van der Waals surface area contributed by atoms with Crippen molar-refractivity contribution < 1.29 is 14.3 Å². The Morgan fingerprint density at radius 1 is 1.06 bits per heavy atom. The molecule has 0 radical (unpaired) electrons. The van der Waals surface area contributed by atoms with E-state index in [2.05, 4.69) is 5.10 Å². The number of carbonyl (C=O) groups excluding carboxylic acids is 2. The molecule has 1 aliphatic heterocycles. The normalized spacial score (nSPS) is 14.5. The summed E-state index contributed by atoms with van der Waals surface area (Å²) < 4.78 is 7.54. The second-order valence-electron chi connectivity index (χ2n) is 8.43. The SMILES string of the molecule is Cc1nn(Cc2ccccc2Cl)c(C)c1/C=C/C(=O)OC(C(=O)N1CCCC1)c1ccccc1. The second kappa shape index (κ2) is 10.7. The highest BCUT2D eigenvalue weighted by atomic mass is 35.5. The van der Waals surface area contributed by atoms with Crippen molar-refractivity contribution in [3.63, 3.8) is 0 Å². The van der Waals surface area contributed by atoms with Crippen LogP contribution in [0.25, 0.3) is 6.08 Å². The number of nitrogens with zero attached hydrogens (tertiary/aromatic N) is 3. The zero-order valence-corrected chi connectivity index (χ0v) is 20.2. The van der Waals surface area contributed by atoms with E-state index >= 15 is 0 Å². The van der Waals surface area contributed by atoms with Crippen molar-refractivity contribution in [1.82, 2.24) is 14.7 Å². The van der Waals surface area contributed by atoms with Crippen LogP contribution in [-0.2, 0) is 20.9 Å². The number of hydrogen-bond donors (Lipinski definition) is 0. The zero-order valence-electron chi connectivity index (χ0n) is 19.4. The number of amides is 1. The third-order valence-corrected chi connectivity index (χ3v) is 6.45. The highest BCUT2D eigenvalue weighted by Gasteiger charge is 2.30. The average molecular weight is 478 g/mol. The lowest BCUT2D eigenvalue weighted by Crippen LogP contribution is -2.34. The van der Waals surface area contributed by atoms with Gasteiger partial charge in [-0.25, -0.2) is 4.79 Å². The molecule has 0 saturated carbocycles. The summed E-state index contributed by atoms with van der Waals surface area (Å²) in [7, 11) is 0. The highest BCUT2D eigenvalue weighted by molar-refractivity contribution is 6.31. The number of carbonyl (C=O) groups is 2. The first-order valence-corrected chi connectivity index (χ1v) is 11.8. The molecule has 2 heterocycles. The third kappa shape index (κ3) is 5.39. The molecule has 1 aliphatic rings. The van der Waals surface area contributed by atoms with Gasteiger partial charge in [-0.3, -0.25) is 9.48 Å². The fourth-order valence-corrected chi connectivity index (χ4v) is 4.39.